The number of hydrogen-bond donors (Lipinski definition) is 0. The summed E-state index contributed by atoms with van der Waals surface area (Å²) < 4.78 is 4.14. The number of rotatable bonds is 3. The van der Waals surface area contributed by atoms with Crippen molar-refractivity contribution < 1.29 is 15.0 Å². The van der Waals surface area contributed by atoms with Gasteiger partial charge in [0.25, 0.3) is 0 Å². The van der Waals surface area contributed by atoms with Gasteiger partial charge >= 0.3 is 154 Å². The van der Waals surface area contributed by atoms with Crippen LogP contribution in [0.1, 0.15) is 0 Å². The van der Waals surface area contributed by atoms with Crippen LogP contribution in [0.3, 0.4) is 0 Å². The second-order valence-electron chi connectivity index (χ2n) is 5.01. The van der Waals surface area contributed by atoms with Crippen LogP contribution in [0, 0.1) is 0 Å². The third kappa shape index (κ3) is 6.44. The number of carbonyl (C=O) groups is 1. The zero-order chi connectivity index (χ0) is 19.1. The van der Waals surface area contributed by atoms with Crippen LogP contribution < -0.4 is 20.0 Å². The Bertz CT molecular complexity index is 739. The van der Waals surface area contributed by atoms with Crippen molar-refractivity contribution in [2.75, 3.05) is 0 Å². The molecule has 3 nitrogen and oxygen atoms in total. The van der Waals surface area contributed by atoms with E-state index in [1.165, 1.54) is 9.81 Å². The Balaban J connectivity index is 0.000000552. The predicted molar refractivity (Wildman–Crippen MR) is 104 cm³/mol. The average Bonchev–Trinajstić information content (AvgIpc) is 2.60. The van der Waals surface area contributed by atoms with Crippen molar-refractivity contribution in [1.29, 1.82) is 0 Å². The summed E-state index contributed by atoms with van der Waals surface area (Å²) in [4.78, 5) is 8.33. The molecule has 0 aromatic heterocycles. The van der Waals surface area contributed by atoms with Crippen LogP contribution in [0.2, 0.25) is 15.1 Å². The Morgan fingerprint density at radius 2 is 0.769 bits per heavy atom. The Hall–Kier alpha value is -1.32. The summed E-state index contributed by atoms with van der Waals surface area (Å²) in [7, 11) is 0. The number of carboxylic acid groups (broad SMARTS) is 2. The van der Waals surface area contributed by atoms with Crippen LogP contribution >= 0.6 is 34.8 Å². The van der Waals surface area contributed by atoms with E-state index in [0.717, 1.165) is 15.1 Å². The molecule has 0 aliphatic rings. The molecule has 3 rings (SSSR count). The summed E-state index contributed by atoms with van der Waals surface area (Å²) in [6.07, 6.45) is -2.33. The molecule has 134 valence electrons. The van der Waals surface area contributed by atoms with Crippen LogP contribution in [0.15, 0.2) is 72.8 Å². The molecule has 0 saturated carbocycles. The third-order valence-electron chi connectivity index (χ3n) is 3.25. The SMILES string of the molecule is Clc1cc[c]([Bi]([c]2ccc(Cl)cc2)[c]2ccc(Cl)cc2)cc1.O=C([O-])[O-]. The summed E-state index contributed by atoms with van der Waals surface area (Å²) in [5, 5.41) is 19.0. The van der Waals surface area contributed by atoms with E-state index in [4.69, 9.17) is 49.8 Å². The van der Waals surface area contributed by atoms with Crippen molar-refractivity contribution in [2.24, 2.45) is 0 Å². The van der Waals surface area contributed by atoms with E-state index in [-0.39, 0.29) is 0 Å². The maximum absolute atomic E-state index is 8.33. The van der Waals surface area contributed by atoms with Crippen LogP contribution in [-0.4, -0.2) is 27.9 Å². The van der Waals surface area contributed by atoms with Gasteiger partial charge in [0, 0.05) is 0 Å². The number of benzene rings is 3. The fourth-order valence-corrected chi connectivity index (χ4v) is 11.3. The Morgan fingerprint density at radius 3 is 0.962 bits per heavy atom. The maximum Gasteiger partial charge on any atom is -0.0431 e. The van der Waals surface area contributed by atoms with Gasteiger partial charge in [0.05, 0.1) is 0 Å². The van der Waals surface area contributed by atoms with Crippen LogP contribution in [0.25, 0.3) is 0 Å². The summed E-state index contributed by atoms with van der Waals surface area (Å²) >= 11 is 15.8. The minimum absolute atomic E-state index is 0.764. The van der Waals surface area contributed by atoms with Gasteiger partial charge in [-0.05, 0) is 6.16 Å². The number of carbonyl (C=O) groups excluding carboxylic acids is 1. The number of halogens is 3. The van der Waals surface area contributed by atoms with E-state index in [1.54, 1.807) is 0 Å². The Morgan fingerprint density at radius 1 is 0.577 bits per heavy atom. The third-order valence-corrected chi connectivity index (χ3v) is 13.5. The standard InChI is InChI=1S/3C6H4Cl.CH2O3.Bi/c3*7-6-4-2-1-3-5-6;2-1(3)4;/h3*2-5H;(H2,2,3,4);/p-2. The van der Waals surface area contributed by atoms with Gasteiger partial charge < -0.3 is 15.0 Å². The molecule has 0 saturated heterocycles. The first-order valence-electron chi connectivity index (χ1n) is 7.31. The Kier molecular flexibility index (Phi) is 8.18. The Labute approximate surface area is 174 Å². The number of hydrogen-bond acceptors (Lipinski definition) is 3. The zero-order valence-corrected chi connectivity index (χ0v) is 19.0. The second-order valence-corrected chi connectivity index (χ2v) is 15.0. The van der Waals surface area contributed by atoms with Gasteiger partial charge in [-0.1, -0.05) is 0 Å². The van der Waals surface area contributed by atoms with Gasteiger partial charge in [0.2, 0.25) is 0 Å². The van der Waals surface area contributed by atoms with Gasteiger partial charge in [-0.25, -0.2) is 0 Å². The van der Waals surface area contributed by atoms with E-state index in [1.807, 2.05) is 36.4 Å². The molecule has 0 atom stereocenters. The topological polar surface area (TPSA) is 63.2 Å². The fraction of sp³-hybridized carbons (Fsp3) is 0. The van der Waals surface area contributed by atoms with Crippen LogP contribution in [0.5, 0.6) is 0 Å². The van der Waals surface area contributed by atoms with E-state index in [9.17, 15) is 0 Å². The molecule has 3 aromatic rings. The largest absolute Gasteiger partial charge is 0.652 e. The molecule has 0 N–H and O–H groups in total. The van der Waals surface area contributed by atoms with Crippen molar-refractivity contribution in [2.45, 2.75) is 0 Å². The fourth-order valence-electron chi connectivity index (χ4n) is 2.22. The predicted octanol–water partition coefficient (Wildman–Crippen LogP) is 1.72. The van der Waals surface area contributed by atoms with Crippen molar-refractivity contribution >= 4 is 72.5 Å². The van der Waals surface area contributed by atoms with E-state index >= 15 is 0 Å². The normalized spacial score (nSPS) is 10.2. The minimum Gasteiger partial charge on any atom is -0.652 e. The first-order chi connectivity index (χ1) is 12.4. The molecule has 3 aromatic carbocycles. The molecule has 0 spiro atoms. The van der Waals surface area contributed by atoms with Crippen LogP contribution in [-0.2, 0) is 0 Å². The first kappa shape index (κ1) is 21.0. The second kappa shape index (κ2) is 10.1. The smallest absolute Gasteiger partial charge is 0.0431 e. The van der Waals surface area contributed by atoms with Crippen molar-refractivity contribution in [3.8, 4) is 0 Å². The summed E-state index contributed by atoms with van der Waals surface area (Å²) in [5.74, 6) is 0. The van der Waals surface area contributed by atoms with E-state index in [2.05, 4.69) is 36.4 Å². The summed E-state index contributed by atoms with van der Waals surface area (Å²) in [5.41, 5.74) is 0. The molecule has 0 bridgehead atoms. The summed E-state index contributed by atoms with van der Waals surface area (Å²) in [6.45, 7) is 0. The van der Waals surface area contributed by atoms with Crippen molar-refractivity contribution in [3.63, 3.8) is 0 Å². The van der Waals surface area contributed by atoms with Crippen molar-refractivity contribution in [3.05, 3.63) is 87.9 Å². The maximum atomic E-state index is 8.33. The molecule has 0 amide bonds. The molecule has 0 radical (unpaired) electrons. The monoisotopic (exact) mass is 602 g/mol. The molecule has 0 aliphatic heterocycles. The average molecular weight is 604 g/mol. The quantitative estimate of drug-likeness (QED) is 0.429. The molecule has 0 aliphatic carbocycles. The molecule has 0 fully saturated rings. The van der Waals surface area contributed by atoms with Gasteiger partial charge in [0.1, 0.15) is 0 Å². The molecule has 26 heavy (non-hydrogen) atoms. The molecule has 7 heteroatoms. The van der Waals surface area contributed by atoms with E-state index in [0.29, 0.717) is 0 Å². The van der Waals surface area contributed by atoms with Crippen LogP contribution in [0.4, 0.5) is 4.79 Å². The summed E-state index contributed by atoms with van der Waals surface area (Å²) in [6, 6.07) is 24.6. The van der Waals surface area contributed by atoms with E-state index < -0.39 is 27.9 Å². The first-order valence-corrected chi connectivity index (χ1v) is 13.7. The minimum atomic E-state index is -2.33. The molecular weight excluding hydrogens is 592 g/mol. The van der Waals surface area contributed by atoms with Gasteiger partial charge in [-0.2, -0.15) is 0 Å². The van der Waals surface area contributed by atoms with Gasteiger partial charge in [-0.3, -0.25) is 0 Å². The molecule has 0 heterocycles. The molecular formula is C19H12BiCl3O3-2. The zero-order valence-electron chi connectivity index (χ0n) is 13.2. The van der Waals surface area contributed by atoms with Crippen molar-refractivity contribution in [1.82, 2.24) is 0 Å². The molecule has 0 unspecified atom stereocenters. The van der Waals surface area contributed by atoms with Gasteiger partial charge in [0.15, 0.2) is 0 Å². The van der Waals surface area contributed by atoms with Gasteiger partial charge in [-0.15, -0.1) is 0 Å².